The van der Waals surface area contributed by atoms with Gasteiger partial charge >= 0.3 is 0 Å². The molecule has 2 heterocycles. The molecule has 0 bridgehead atoms. The first-order chi connectivity index (χ1) is 14.4. The van der Waals surface area contributed by atoms with Crippen molar-refractivity contribution < 1.29 is 9.53 Å². The van der Waals surface area contributed by atoms with Gasteiger partial charge in [0, 0.05) is 37.4 Å². The molecule has 0 aromatic heterocycles. The van der Waals surface area contributed by atoms with E-state index in [0.29, 0.717) is 17.0 Å². The molecule has 0 atom stereocenters. The first-order valence-electron chi connectivity index (χ1n) is 11.2. The van der Waals surface area contributed by atoms with Gasteiger partial charge in [-0.05, 0) is 77.3 Å². The molecule has 0 radical (unpaired) electrons. The van der Waals surface area contributed by atoms with Crippen LogP contribution in [-0.4, -0.2) is 87.2 Å². The van der Waals surface area contributed by atoms with Crippen LogP contribution in [0.3, 0.4) is 0 Å². The zero-order valence-corrected chi connectivity index (χ0v) is 19.1. The fourth-order valence-corrected chi connectivity index (χ4v) is 4.65. The van der Waals surface area contributed by atoms with Crippen LogP contribution in [0.2, 0.25) is 0 Å². The van der Waals surface area contributed by atoms with Crippen LogP contribution in [0.25, 0.3) is 0 Å². The first kappa shape index (κ1) is 22.8. The van der Waals surface area contributed by atoms with E-state index < -0.39 is 0 Å². The number of nitrogens with zero attached hydrogens (tertiary/aromatic N) is 3. The number of likely N-dealkylation sites (tertiary alicyclic amines) is 2. The summed E-state index contributed by atoms with van der Waals surface area (Å²) in [5.41, 5.74) is 8.05. The SMILES string of the molecule is COc1cc(N)c(C)cc1C(=O)NC1CCN(CC2CCN(CN(C)C)CC2)CC1. The topological polar surface area (TPSA) is 74.1 Å². The van der Waals surface area contributed by atoms with E-state index in [9.17, 15) is 4.79 Å². The number of hydrogen-bond donors (Lipinski definition) is 2. The second-order valence-corrected chi connectivity index (χ2v) is 9.24. The molecule has 1 amide bonds. The molecule has 1 aromatic rings. The number of carbonyl (C=O) groups excluding carboxylic acids is 1. The number of hydrogen-bond acceptors (Lipinski definition) is 6. The fraction of sp³-hybridized carbons (Fsp3) is 0.696. The molecule has 2 fully saturated rings. The maximum Gasteiger partial charge on any atom is 0.255 e. The lowest BCUT2D eigenvalue weighted by Gasteiger charge is -2.38. The molecule has 0 aliphatic carbocycles. The van der Waals surface area contributed by atoms with Crippen molar-refractivity contribution in [3.63, 3.8) is 0 Å². The van der Waals surface area contributed by atoms with E-state index in [-0.39, 0.29) is 11.9 Å². The Hall–Kier alpha value is -1.83. The average Bonchev–Trinajstić information content (AvgIpc) is 2.72. The molecular weight excluding hydrogens is 378 g/mol. The number of nitrogen functional groups attached to an aromatic ring is 1. The summed E-state index contributed by atoms with van der Waals surface area (Å²) in [6.45, 7) is 8.70. The van der Waals surface area contributed by atoms with E-state index in [0.717, 1.165) is 44.1 Å². The van der Waals surface area contributed by atoms with Crippen LogP contribution in [0.5, 0.6) is 5.75 Å². The molecule has 0 spiro atoms. The summed E-state index contributed by atoms with van der Waals surface area (Å²) in [6.07, 6.45) is 4.59. The molecule has 0 saturated carbocycles. The monoisotopic (exact) mass is 417 g/mol. The number of piperidine rings is 2. The number of methoxy groups -OCH3 is 1. The second kappa shape index (κ2) is 10.5. The van der Waals surface area contributed by atoms with Crippen LogP contribution in [-0.2, 0) is 0 Å². The number of nitrogens with one attached hydrogen (secondary N) is 1. The molecule has 2 aliphatic rings. The van der Waals surface area contributed by atoms with E-state index >= 15 is 0 Å². The van der Waals surface area contributed by atoms with Gasteiger partial charge in [0.2, 0.25) is 0 Å². The highest BCUT2D eigenvalue weighted by atomic mass is 16.5. The van der Waals surface area contributed by atoms with E-state index in [1.165, 1.54) is 32.5 Å². The van der Waals surface area contributed by atoms with Gasteiger partial charge in [0.05, 0.1) is 19.3 Å². The Morgan fingerprint density at radius 2 is 1.77 bits per heavy atom. The van der Waals surface area contributed by atoms with Crippen molar-refractivity contribution in [2.24, 2.45) is 5.92 Å². The maximum atomic E-state index is 12.8. The molecule has 30 heavy (non-hydrogen) atoms. The summed E-state index contributed by atoms with van der Waals surface area (Å²) < 4.78 is 5.37. The summed E-state index contributed by atoms with van der Waals surface area (Å²) in [5, 5.41) is 3.21. The summed E-state index contributed by atoms with van der Waals surface area (Å²) in [6, 6.07) is 3.77. The van der Waals surface area contributed by atoms with E-state index in [4.69, 9.17) is 10.5 Å². The minimum absolute atomic E-state index is 0.0679. The van der Waals surface area contributed by atoms with Crippen molar-refractivity contribution in [2.45, 2.75) is 38.6 Å². The van der Waals surface area contributed by atoms with Gasteiger partial charge in [-0.2, -0.15) is 0 Å². The Kier molecular flexibility index (Phi) is 7.97. The van der Waals surface area contributed by atoms with Crippen molar-refractivity contribution >= 4 is 11.6 Å². The number of amides is 1. The van der Waals surface area contributed by atoms with Crippen LogP contribution in [0.4, 0.5) is 5.69 Å². The van der Waals surface area contributed by atoms with Crippen molar-refractivity contribution in [1.82, 2.24) is 20.0 Å². The fourth-order valence-electron chi connectivity index (χ4n) is 4.65. The summed E-state index contributed by atoms with van der Waals surface area (Å²) >= 11 is 0. The predicted molar refractivity (Wildman–Crippen MR) is 122 cm³/mol. The minimum atomic E-state index is -0.0679. The summed E-state index contributed by atoms with van der Waals surface area (Å²) in [4.78, 5) is 20.2. The highest BCUT2D eigenvalue weighted by Gasteiger charge is 2.26. The van der Waals surface area contributed by atoms with E-state index in [1.54, 1.807) is 13.2 Å². The molecule has 2 saturated heterocycles. The van der Waals surface area contributed by atoms with Gasteiger partial charge in [-0.1, -0.05) is 0 Å². The summed E-state index contributed by atoms with van der Waals surface area (Å²) in [5.74, 6) is 1.27. The Labute approximate surface area is 181 Å². The summed E-state index contributed by atoms with van der Waals surface area (Å²) in [7, 11) is 5.85. The van der Waals surface area contributed by atoms with Gasteiger partial charge < -0.3 is 20.7 Å². The third kappa shape index (κ3) is 6.09. The second-order valence-electron chi connectivity index (χ2n) is 9.24. The normalized spacial score (nSPS) is 19.9. The molecule has 3 N–H and O–H groups in total. The molecule has 168 valence electrons. The highest BCUT2D eigenvalue weighted by molar-refractivity contribution is 5.98. The van der Waals surface area contributed by atoms with Crippen LogP contribution in [0.1, 0.15) is 41.6 Å². The molecule has 2 aliphatic heterocycles. The molecular formula is C23H39N5O2. The standard InChI is InChI=1S/C23H39N5O2/c1-17-13-20(22(30-4)14-21(17)24)23(29)25-19-7-11-27(12-8-19)15-18-5-9-28(10-6-18)16-26(2)3/h13-14,18-19H,5-12,15-16,24H2,1-4H3,(H,25,29). The predicted octanol–water partition coefficient (Wildman–Crippen LogP) is 2.01. The van der Waals surface area contributed by atoms with Crippen molar-refractivity contribution in [2.75, 3.05) is 66.3 Å². The van der Waals surface area contributed by atoms with E-state index in [2.05, 4.69) is 34.1 Å². The smallest absolute Gasteiger partial charge is 0.255 e. The van der Waals surface area contributed by atoms with Crippen molar-refractivity contribution in [3.05, 3.63) is 23.3 Å². The molecule has 1 aromatic carbocycles. The number of rotatable bonds is 7. The van der Waals surface area contributed by atoms with Crippen molar-refractivity contribution in [3.8, 4) is 5.75 Å². The third-order valence-electron chi connectivity index (χ3n) is 6.46. The number of aryl methyl sites for hydroxylation is 1. The lowest BCUT2D eigenvalue weighted by atomic mass is 9.95. The average molecular weight is 418 g/mol. The van der Waals surface area contributed by atoms with Gasteiger partial charge in [-0.3, -0.25) is 14.6 Å². The van der Waals surface area contributed by atoms with Gasteiger partial charge in [-0.25, -0.2) is 0 Å². The quantitative estimate of drug-likeness (QED) is 0.661. The van der Waals surface area contributed by atoms with Crippen LogP contribution >= 0.6 is 0 Å². The lowest BCUT2D eigenvalue weighted by molar-refractivity contribution is 0.0859. The molecule has 0 unspecified atom stereocenters. The zero-order chi connectivity index (χ0) is 21.7. The Morgan fingerprint density at radius 1 is 1.13 bits per heavy atom. The maximum absolute atomic E-state index is 12.8. The number of carbonyl (C=O) groups is 1. The molecule has 7 nitrogen and oxygen atoms in total. The number of nitrogens with two attached hydrogens (primary N) is 1. The largest absolute Gasteiger partial charge is 0.496 e. The number of ether oxygens (including phenoxy) is 1. The third-order valence-corrected chi connectivity index (χ3v) is 6.46. The van der Waals surface area contributed by atoms with Crippen LogP contribution < -0.4 is 15.8 Å². The van der Waals surface area contributed by atoms with Gasteiger partial charge in [0.1, 0.15) is 5.75 Å². The number of benzene rings is 1. The first-order valence-corrected chi connectivity index (χ1v) is 11.2. The van der Waals surface area contributed by atoms with Gasteiger partial charge in [-0.15, -0.1) is 0 Å². The van der Waals surface area contributed by atoms with Crippen LogP contribution in [0.15, 0.2) is 12.1 Å². The van der Waals surface area contributed by atoms with Gasteiger partial charge in [0.15, 0.2) is 0 Å². The zero-order valence-electron chi connectivity index (χ0n) is 19.1. The minimum Gasteiger partial charge on any atom is -0.496 e. The number of anilines is 1. The Morgan fingerprint density at radius 3 is 2.37 bits per heavy atom. The highest BCUT2D eigenvalue weighted by Crippen LogP contribution is 2.26. The Balaban J connectivity index is 1.43. The lowest BCUT2D eigenvalue weighted by Crippen LogP contribution is -2.47. The van der Waals surface area contributed by atoms with Crippen LogP contribution in [0, 0.1) is 12.8 Å². The van der Waals surface area contributed by atoms with Crippen molar-refractivity contribution in [1.29, 1.82) is 0 Å². The Bertz CT molecular complexity index is 708. The molecule has 7 heteroatoms. The van der Waals surface area contributed by atoms with E-state index in [1.807, 2.05) is 13.0 Å². The van der Waals surface area contributed by atoms with Gasteiger partial charge in [0.25, 0.3) is 5.91 Å². The molecule has 3 rings (SSSR count).